The quantitative estimate of drug-likeness (QED) is 0.782. The van der Waals surface area contributed by atoms with Crippen molar-refractivity contribution in [2.24, 2.45) is 5.73 Å². The molecule has 0 bridgehead atoms. The predicted molar refractivity (Wildman–Crippen MR) is 68.6 cm³/mol. The minimum Gasteiger partial charge on any atom is -0.371 e. The van der Waals surface area contributed by atoms with Gasteiger partial charge in [-0.1, -0.05) is 6.92 Å². The van der Waals surface area contributed by atoms with Crippen molar-refractivity contribution in [1.29, 1.82) is 0 Å². The van der Waals surface area contributed by atoms with Crippen LogP contribution in [0.1, 0.15) is 47.5 Å². The molecule has 1 heterocycles. The fourth-order valence-electron chi connectivity index (χ4n) is 2.39. The zero-order valence-electron chi connectivity index (χ0n) is 11.5. The minimum absolute atomic E-state index is 0.0664. The van der Waals surface area contributed by atoms with Crippen molar-refractivity contribution in [3.63, 3.8) is 0 Å². The molecule has 1 unspecified atom stereocenters. The van der Waals surface area contributed by atoms with E-state index in [0.29, 0.717) is 12.6 Å². The van der Waals surface area contributed by atoms with Crippen LogP contribution in [0, 0.1) is 0 Å². The van der Waals surface area contributed by atoms with Crippen molar-refractivity contribution in [3.8, 4) is 0 Å². The first-order chi connectivity index (χ1) is 7.30. The van der Waals surface area contributed by atoms with Gasteiger partial charge in [0.25, 0.3) is 0 Å². The summed E-state index contributed by atoms with van der Waals surface area (Å²) < 4.78 is 6.04. The van der Waals surface area contributed by atoms with Crippen LogP contribution >= 0.6 is 0 Å². The Morgan fingerprint density at radius 2 is 2.06 bits per heavy atom. The lowest BCUT2D eigenvalue weighted by molar-refractivity contribution is -0.0399. The highest BCUT2D eigenvalue weighted by Crippen LogP contribution is 2.30. The third-order valence-electron chi connectivity index (χ3n) is 3.72. The highest BCUT2D eigenvalue weighted by molar-refractivity contribution is 4.87. The molecular formula is C13H28N2O. The van der Waals surface area contributed by atoms with E-state index >= 15 is 0 Å². The Morgan fingerprint density at radius 1 is 1.44 bits per heavy atom. The molecule has 1 saturated heterocycles. The topological polar surface area (TPSA) is 38.5 Å². The molecule has 96 valence electrons. The molecule has 16 heavy (non-hydrogen) atoms. The second-order valence-corrected chi connectivity index (χ2v) is 6.09. The van der Waals surface area contributed by atoms with Gasteiger partial charge in [-0.25, -0.2) is 0 Å². The summed E-state index contributed by atoms with van der Waals surface area (Å²) in [6.45, 7) is 13.7. The third kappa shape index (κ3) is 3.44. The number of rotatable bonds is 5. The molecular weight excluding hydrogens is 200 g/mol. The van der Waals surface area contributed by atoms with Crippen LogP contribution in [0.15, 0.2) is 0 Å². The van der Waals surface area contributed by atoms with E-state index in [-0.39, 0.29) is 11.1 Å². The van der Waals surface area contributed by atoms with Gasteiger partial charge in [0.15, 0.2) is 0 Å². The molecule has 3 heteroatoms. The van der Waals surface area contributed by atoms with Gasteiger partial charge >= 0.3 is 0 Å². The average Bonchev–Trinajstić information content (AvgIpc) is 2.54. The van der Waals surface area contributed by atoms with Crippen LogP contribution in [0.4, 0.5) is 0 Å². The van der Waals surface area contributed by atoms with Gasteiger partial charge in [0, 0.05) is 18.6 Å². The molecule has 0 radical (unpaired) electrons. The third-order valence-corrected chi connectivity index (χ3v) is 3.72. The molecule has 0 aromatic carbocycles. The molecule has 0 aromatic heterocycles. The lowest BCUT2D eigenvalue weighted by atomic mass is 10.0. The normalized spacial score (nSPS) is 25.3. The van der Waals surface area contributed by atoms with Crippen LogP contribution < -0.4 is 5.73 Å². The molecule has 3 nitrogen and oxygen atoms in total. The monoisotopic (exact) mass is 228 g/mol. The minimum atomic E-state index is 0.0664. The summed E-state index contributed by atoms with van der Waals surface area (Å²) in [6, 6.07) is 0. The maximum absolute atomic E-state index is 6.04. The maximum Gasteiger partial charge on any atom is 0.0710 e. The number of nitrogens with zero attached hydrogens (tertiary/aromatic N) is 1. The number of hydrogen-bond acceptors (Lipinski definition) is 3. The van der Waals surface area contributed by atoms with Crippen molar-refractivity contribution < 1.29 is 4.74 Å². The van der Waals surface area contributed by atoms with Crippen molar-refractivity contribution in [2.45, 2.75) is 64.7 Å². The lowest BCUT2D eigenvalue weighted by Gasteiger charge is -2.38. The molecule has 0 aromatic rings. The van der Waals surface area contributed by atoms with Gasteiger partial charge in [0.2, 0.25) is 0 Å². The Kier molecular flexibility index (Phi) is 4.38. The maximum atomic E-state index is 6.04. The first kappa shape index (κ1) is 13.9. The van der Waals surface area contributed by atoms with Crippen LogP contribution in [0.5, 0.6) is 0 Å². The molecule has 1 aliphatic heterocycles. The molecule has 0 amide bonds. The second-order valence-electron chi connectivity index (χ2n) is 6.09. The highest BCUT2D eigenvalue weighted by atomic mass is 16.5. The van der Waals surface area contributed by atoms with Gasteiger partial charge in [0.1, 0.15) is 0 Å². The first-order valence-corrected chi connectivity index (χ1v) is 6.43. The Balaban J connectivity index is 2.52. The van der Waals surface area contributed by atoms with E-state index in [1.165, 1.54) is 6.42 Å². The van der Waals surface area contributed by atoms with Crippen LogP contribution in [-0.4, -0.2) is 41.8 Å². The standard InChI is InChI=1S/C13H28N2O/c1-6-15(12(2,3)10-14)9-11-7-8-13(4,5)16-11/h11H,6-10,14H2,1-5H3. The van der Waals surface area contributed by atoms with E-state index in [4.69, 9.17) is 10.5 Å². The van der Waals surface area contributed by atoms with Gasteiger partial charge in [-0.15, -0.1) is 0 Å². The number of likely N-dealkylation sites (N-methyl/N-ethyl adjacent to an activating group) is 1. The molecule has 2 N–H and O–H groups in total. The van der Waals surface area contributed by atoms with Crippen molar-refractivity contribution >= 4 is 0 Å². The lowest BCUT2D eigenvalue weighted by Crippen LogP contribution is -2.51. The summed E-state index contributed by atoms with van der Waals surface area (Å²) in [5.41, 5.74) is 5.97. The highest BCUT2D eigenvalue weighted by Gasteiger charge is 2.34. The summed E-state index contributed by atoms with van der Waals surface area (Å²) in [5.74, 6) is 0. The van der Waals surface area contributed by atoms with E-state index in [2.05, 4.69) is 39.5 Å². The fourth-order valence-corrected chi connectivity index (χ4v) is 2.39. The van der Waals surface area contributed by atoms with Gasteiger partial charge in [-0.3, -0.25) is 4.90 Å². The average molecular weight is 228 g/mol. The van der Waals surface area contributed by atoms with Crippen LogP contribution in [-0.2, 0) is 4.74 Å². The summed E-state index contributed by atoms with van der Waals surface area (Å²) >= 11 is 0. The van der Waals surface area contributed by atoms with Crippen molar-refractivity contribution in [2.75, 3.05) is 19.6 Å². The number of hydrogen-bond donors (Lipinski definition) is 1. The number of nitrogens with two attached hydrogens (primary N) is 1. The summed E-state index contributed by atoms with van der Waals surface area (Å²) in [7, 11) is 0. The van der Waals surface area contributed by atoms with E-state index in [1.807, 2.05) is 0 Å². The van der Waals surface area contributed by atoms with Crippen LogP contribution in [0.2, 0.25) is 0 Å². The SMILES string of the molecule is CCN(CC1CCC(C)(C)O1)C(C)(C)CN. The van der Waals surface area contributed by atoms with E-state index in [1.54, 1.807) is 0 Å². The second kappa shape index (κ2) is 5.03. The van der Waals surface area contributed by atoms with Crippen molar-refractivity contribution in [3.05, 3.63) is 0 Å². The summed E-state index contributed by atoms with van der Waals surface area (Å²) in [4.78, 5) is 2.43. The Bertz CT molecular complexity index is 226. The Morgan fingerprint density at radius 3 is 2.44 bits per heavy atom. The van der Waals surface area contributed by atoms with Crippen molar-refractivity contribution in [1.82, 2.24) is 4.90 Å². The van der Waals surface area contributed by atoms with E-state index < -0.39 is 0 Å². The van der Waals surface area contributed by atoms with Crippen LogP contribution in [0.25, 0.3) is 0 Å². The van der Waals surface area contributed by atoms with Gasteiger partial charge in [-0.2, -0.15) is 0 Å². The molecule has 1 fully saturated rings. The predicted octanol–water partition coefficient (Wildman–Crippen LogP) is 2.00. The first-order valence-electron chi connectivity index (χ1n) is 6.43. The van der Waals surface area contributed by atoms with E-state index in [9.17, 15) is 0 Å². The van der Waals surface area contributed by atoms with Crippen LogP contribution in [0.3, 0.4) is 0 Å². The summed E-state index contributed by atoms with van der Waals surface area (Å²) in [6.07, 6.45) is 2.71. The molecule has 1 rings (SSSR count). The van der Waals surface area contributed by atoms with Gasteiger partial charge < -0.3 is 10.5 Å². The largest absolute Gasteiger partial charge is 0.371 e. The van der Waals surface area contributed by atoms with E-state index in [0.717, 1.165) is 19.5 Å². The van der Waals surface area contributed by atoms with Gasteiger partial charge in [0.05, 0.1) is 11.7 Å². The molecule has 0 saturated carbocycles. The fraction of sp³-hybridized carbons (Fsp3) is 1.00. The Labute approximate surface area is 100 Å². The zero-order valence-corrected chi connectivity index (χ0v) is 11.5. The zero-order chi connectivity index (χ0) is 12.4. The summed E-state index contributed by atoms with van der Waals surface area (Å²) in [5, 5.41) is 0. The Hall–Kier alpha value is -0.120. The molecule has 0 spiro atoms. The van der Waals surface area contributed by atoms with Gasteiger partial charge in [-0.05, 0) is 47.1 Å². The molecule has 1 atom stereocenters. The number of ether oxygens (including phenoxy) is 1. The molecule has 0 aliphatic carbocycles. The molecule has 1 aliphatic rings. The smallest absolute Gasteiger partial charge is 0.0710 e.